The Hall–Kier alpha value is -2.97. The van der Waals surface area contributed by atoms with Crippen molar-refractivity contribution in [1.29, 1.82) is 0 Å². The Balaban J connectivity index is 1.68. The van der Waals surface area contributed by atoms with E-state index < -0.39 is 5.91 Å². The number of aromatic nitrogens is 2. The first-order valence-electron chi connectivity index (χ1n) is 8.15. The number of anilines is 2. The standard InChI is InChI=1S/C19H15BrClN5O2/c1-11-2-8-14(9-3-11)23-18(28)16-15(21)10-22-19(24-16)26-25-17(27)12-4-6-13(20)7-5-12/h2-10H,1H3,(H,23,28)(H,25,27)(H,22,24,26). The van der Waals surface area contributed by atoms with E-state index in [0.717, 1.165) is 10.0 Å². The molecule has 3 aromatic rings. The highest BCUT2D eigenvalue weighted by Gasteiger charge is 2.15. The number of nitrogens with zero attached hydrogens (tertiary/aromatic N) is 2. The molecule has 0 atom stereocenters. The lowest BCUT2D eigenvalue weighted by Gasteiger charge is -2.10. The Morgan fingerprint density at radius 3 is 2.36 bits per heavy atom. The van der Waals surface area contributed by atoms with Gasteiger partial charge in [0.15, 0.2) is 5.69 Å². The average molecular weight is 461 g/mol. The van der Waals surface area contributed by atoms with Gasteiger partial charge in [-0.25, -0.2) is 9.97 Å². The predicted octanol–water partition coefficient (Wildman–Crippen LogP) is 4.21. The van der Waals surface area contributed by atoms with Crippen molar-refractivity contribution < 1.29 is 9.59 Å². The fraction of sp³-hybridized carbons (Fsp3) is 0.0526. The van der Waals surface area contributed by atoms with Crippen LogP contribution in [0.5, 0.6) is 0 Å². The Bertz CT molecular complexity index is 1010. The van der Waals surface area contributed by atoms with E-state index in [1.165, 1.54) is 6.20 Å². The molecule has 1 aromatic heterocycles. The Labute approximate surface area is 174 Å². The molecule has 9 heteroatoms. The average Bonchev–Trinajstić information content (AvgIpc) is 2.69. The highest BCUT2D eigenvalue weighted by atomic mass is 79.9. The lowest BCUT2D eigenvalue weighted by molar-refractivity contribution is 0.0961. The number of amides is 2. The van der Waals surface area contributed by atoms with Gasteiger partial charge in [-0.1, -0.05) is 45.2 Å². The first-order chi connectivity index (χ1) is 13.4. The SMILES string of the molecule is Cc1ccc(NC(=O)c2nc(NNC(=O)c3ccc(Br)cc3)ncc2Cl)cc1. The number of carbonyl (C=O) groups excluding carboxylic acids is 2. The molecule has 3 rings (SSSR count). The molecule has 0 aliphatic carbocycles. The summed E-state index contributed by atoms with van der Waals surface area (Å²) in [7, 11) is 0. The summed E-state index contributed by atoms with van der Waals surface area (Å²) in [6, 6.07) is 14.1. The van der Waals surface area contributed by atoms with Gasteiger partial charge in [-0.05, 0) is 43.3 Å². The van der Waals surface area contributed by atoms with E-state index >= 15 is 0 Å². The van der Waals surface area contributed by atoms with Gasteiger partial charge >= 0.3 is 0 Å². The summed E-state index contributed by atoms with van der Waals surface area (Å²) in [5.41, 5.74) is 7.17. The maximum Gasteiger partial charge on any atom is 0.276 e. The summed E-state index contributed by atoms with van der Waals surface area (Å²) < 4.78 is 0.863. The molecule has 2 aromatic carbocycles. The van der Waals surface area contributed by atoms with Crippen molar-refractivity contribution in [2.45, 2.75) is 6.92 Å². The number of aryl methyl sites for hydroxylation is 1. The van der Waals surface area contributed by atoms with E-state index in [4.69, 9.17) is 11.6 Å². The smallest absolute Gasteiger partial charge is 0.276 e. The zero-order valence-electron chi connectivity index (χ0n) is 14.7. The van der Waals surface area contributed by atoms with Gasteiger partial charge in [0.1, 0.15) is 0 Å². The minimum absolute atomic E-state index is 0.0161. The maximum atomic E-state index is 12.5. The molecular weight excluding hydrogens is 446 g/mol. The minimum Gasteiger partial charge on any atom is -0.321 e. The first-order valence-corrected chi connectivity index (χ1v) is 9.32. The van der Waals surface area contributed by atoms with Crippen molar-refractivity contribution in [3.8, 4) is 0 Å². The number of rotatable bonds is 5. The molecule has 142 valence electrons. The predicted molar refractivity (Wildman–Crippen MR) is 111 cm³/mol. The molecule has 0 bridgehead atoms. The summed E-state index contributed by atoms with van der Waals surface area (Å²) in [6.45, 7) is 1.95. The van der Waals surface area contributed by atoms with Gasteiger partial charge in [0, 0.05) is 15.7 Å². The van der Waals surface area contributed by atoms with Crippen molar-refractivity contribution in [2.75, 3.05) is 10.7 Å². The molecule has 0 spiro atoms. The van der Waals surface area contributed by atoms with Gasteiger partial charge in [-0.2, -0.15) is 0 Å². The number of hydrogen-bond acceptors (Lipinski definition) is 5. The number of carbonyl (C=O) groups is 2. The van der Waals surface area contributed by atoms with E-state index in [1.54, 1.807) is 36.4 Å². The third-order valence-electron chi connectivity index (χ3n) is 3.66. The third kappa shape index (κ3) is 5.05. The highest BCUT2D eigenvalue weighted by Crippen LogP contribution is 2.17. The van der Waals surface area contributed by atoms with Gasteiger partial charge in [-0.3, -0.25) is 20.4 Å². The molecule has 0 fully saturated rings. The second-order valence-electron chi connectivity index (χ2n) is 5.80. The second kappa shape index (κ2) is 8.81. The molecule has 0 unspecified atom stereocenters. The van der Waals surface area contributed by atoms with Crippen LogP contribution in [0.25, 0.3) is 0 Å². The van der Waals surface area contributed by atoms with Gasteiger partial charge in [0.05, 0.1) is 11.2 Å². The van der Waals surface area contributed by atoms with Crippen molar-refractivity contribution in [2.24, 2.45) is 0 Å². The maximum absolute atomic E-state index is 12.5. The van der Waals surface area contributed by atoms with Crippen molar-refractivity contribution in [3.05, 3.63) is 81.0 Å². The second-order valence-corrected chi connectivity index (χ2v) is 7.12. The van der Waals surface area contributed by atoms with Gasteiger partial charge in [-0.15, -0.1) is 0 Å². The highest BCUT2D eigenvalue weighted by molar-refractivity contribution is 9.10. The number of nitrogens with one attached hydrogen (secondary N) is 3. The molecule has 1 heterocycles. The summed E-state index contributed by atoms with van der Waals surface area (Å²) >= 11 is 9.36. The monoisotopic (exact) mass is 459 g/mol. The van der Waals surface area contributed by atoms with Crippen molar-refractivity contribution in [3.63, 3.8) is 0 Å². The molecular formula is C19H15BrClN5O2. The summed E-state index contributed by atoms with van der Waals surface area (Å²) in [5.74, 6) is -0.834. The van der Waals surface area contributed by atoms with Crippen LogP contribution in [0.15, 0.2) is 59.2 Å². The zero-order chi connectivity index (χ0) is 20.1. The molecule has 0 aliphatic rings. The molecule has 7 nitrogen and oxygen atoms in total. The molecule has 0 saturated carbocycles. The van der Waals surface area contributed by atoms with Crippen LogP contribution >= 0.6 is 27.5 Å². The lowest BCUT2D eigenvalue weighted by atomic mass is 10.2. The molecule has 0 radical (unpaired) electrons. The summed E-state index contributed by atoms with van der Waals surface area (Å²) in [5, 5.41) is 2.81. The molecule has 28 heavy (non-hydrogen) atoms. The van der Waals surface area contributed by atoms with Crippen LogP contribution < -0.4 is 16.2 Å². The van der Waals surface area contributed by atoms with E-state index in [2.05, 4.69) is 42.1 Å². The normalized spacial score (nSPS) is 10.2. The quantitative estimate of drug-likeness (QED) is 0.496. The van der Waals surface area contributed by atoms with Crippen LogP contribution in [-0.2, 0) is 0 Å². The fourth-order valence-electron chi connectivity index (χ4n) is 2.20. The first kappa shape index (κ1) is 19.8. The molecule has 0 saturated heterocycles. The molecule has 2 amide bonds. The summed E-state index contributed by atoms with van der Waals surface area (Å²) in [6.07, 6.45) is 1.28. The van der Waals surface area contributed by atoms with E-state index in [9.17, 15) is 9.59 Å². The van der Waals surface area contributed by atoms with Crippen LogP contribution in [0, 0.1) is 6.92 Å². The Kier molecular flexibility index (Phi) is 6.23. The third-order valence-corrected chi connectivity index (χ3v) is 4.47. The van der Waals surface area contributed by atoms with E-state index in [1.807, 2.05) is 19.1 Å². The topological polar surface area (TPSA) is 96.0 Å². The molecule has 0 aliphatic heterocycles. The van der Waals surface area contributed by atoms with Gasteiger partial charge < -0.3 is 5.32 Å². The Morgan fingerprint density at radius 2 is 1.68 bits per heavy atom. The van der Waals surface area contributed by atoms with Crippen LogP contribution in [-0.4, -0.2) is 21.8 Å². The minimum atomic E-state index is -0.487. The number of halogens is 2. The van der Waals surface area contributed by atoms with Crippen molar-refractivity contribution >= 4 is 51.0 Å². The van der Waals surface area contributed by atoms with Crippen LogP contribution in [0.4, 0.5) is 11.6 Å². The zero-order valence-corrected chi connectivity index (χ0v) is 17.0. The van der Waals surface area contributed by atoms with E-state index in [-0.39, 0.29) is 22.6 Å². The van der Waals surface area contributed by atoms with E-state index in [0.29, 0.717) is 11.3 Å². The largest absolute Gasteiger partial charge is 0.321 e. The Morgan fingerprint density at radius 1 is 1.00 bits per heavy atom. The van der Waals surface area contributed by atoms with Gasteiger partial charge in [0.2, 0.25) is 5.95 Å². The van der Waals surface area contributed by atoms with Crippen LogP contribution in [0.3, 0.4) is 0 Å². The number of benzene rings is 2. The van der Waals surface area contributed by atoms with Crippen molar-refractivity contribution in [1.82, 2.24) is 15.4 Å². The molecule has 3 N–H and O–H groups in total. The fourth-order valence-corrected chi connectivity index (χ4v) is 2.64. The van der Waals surface area contributed by atoms with Gasteiger partial charge in [0.25, 0.3) is 11.8 Å². The van der Waals surface area contributed by atoms with Crippen LogP contribution in [0.1, 0.15) is 26.4 Å². The summed E-state index contributed by atoms with van der Waals surface area (Å²) in [4.78, 5) is 32.6. The van der Waals surface area contributed by atoms with Crippen LogP contribution in [0.2, 0.25) is 5.02 Å². The lowest BCUT2D eigenvalue weighted by Crippen LogP contribution is -2.30. The number of hydrazine groups is 1. The number of hydrogen-bond donors (Lipinski definition) is 3.